The van der Waals surface area contributed by atoms with E-state index in [1.165, 1.54) is 5.56 Å². The average Bonchev–Trinajstić information content (AvgIpc) is 2.62. The number of benzene rings is 1. The van der Waals surface area contributed by atoms with Crippen molar-refractivity contribution in [1.82, 2.24) is 14.9 Å². The average molecular weight is 264 g/mol. The molecule has 2 rings (SSSR count). The lowest BCUT2D eigenvalue weighted by atomic mass is 10.1. The maximum Gasteiger partial charge on any atom is 0.155 e. The molecule has 0 saturated heterocycles. The molecule has 0 spiro atoms. The molecule has 3 nitrogen and oxygen atoms in total. The molecule has 0 fully saturated rings. The Balaban J connectivity index is 2.42. The zero-order valence-corrected chi connectivity index (χ0v) is 11.8. The number of nitrogens with one attached hydrogen (secondary N) is 1. The lowest BCUT2D eigenvalue weighted by Gasteiger charge is -2.07. The van der Waals surface area contributed by atoms with Gasteiger partial charge in [0.2, 0.25) is 0 Å². The van der Waals surface area contributed by atoms with Crippen molar-refractivity contribution < 1.29 is 0 Å². The smallest absolute Gasteiger partial charge is 0.155 e. The molecule has 0 saturated carbocycles. The molecule has 0 aliphatic carbocycles. The summed E-state index contributed by atoms with van der Waals surface area (Å²) in [5.74, 6) is 1.01. The summed E-state index contributed by atoms with van der Waals surface area (Å²) in [6.45, 7) is 2.98. The maximum atomic E-state index is 6.26. The minimum Gasteiger partial charge on any atom is -0.330 e. The number of nitrogens with zero attached hydrogens (tertiary/aromatic N) is 2. The highest BCUT2D eigenvalue weighted by Crippen LogP contribution is 2.28. The Labute approximate surface area is 113 Å². The summed E-state index contributed by atoms with van der Waals surface area (Å²) in [5, 5.41) is 3.70. The molecular formula is C14H18ClN3. The number of likely N-dealkylation sites (N-methyl/N-ethyl adjacent to an activating group) is 1. The normalized spacial score (nSPS) is 10.9. The van der Waals surface area contributed by atoms with Crippen LogP contribution in [-0.4, -0.2) is 23.1 Å². The predicted molar refractivity (Wildman–Crippen MR) is 76.0 cm³/mol. The van der Waals surface area contributed by atoms with Gasteiger partial charge in [0.25, 0.3) is 0 Å². The fraction of sp³-hybridized carbons (Fsp3) is 0.357. The molecule has 1 aromatic heterocycles. The topological polar surface area (TPSA) is 29.9 Å². The quantitative estimate of drug-likeness (QED) is 0.919. The van der Waals surface area contributed by atoms with Crippen LogP contribution in [0.25, 0.3) is 11.3 Å². The van der Waals surface area contributed by atoms with E-state index >= 15 is 0 Å². The molecule has 0 unspecified atom stereocenters. The van der Waals surface area contributed by atoms with E-state index in [0.717, 1.165) is 30.0 Å². The molecular weight excluding hydrogens is 246 g/mol. The Morgan fingerprint density at radius 2 is 2.17 bits per heavy atom. The van der Waals surface area contributed by atoms with E-state index in [1.54, 1.807) is 0 Å². The van der Waals surface area contributed by atoms with Gasteiger partial charge in [0, 0.05) is 25.6 Å². The molecule has 0 amide bonds. The molecule has 0 atom stereocenters. The Morgan fingerprint density at radius 3 is 2.83 bits per heavy atom. The van der Waals surface area contributed by atoms with Gasteiger partial charge in [0.05, 0.1) is 5.69 Å². The van der Waals surface area contributed by atoms with E-state index < -0.39 is 0 Å². The largest absolute Gasteiger partial charge is 0.330 e. The monoisotopic (exact) mass is 263 g/mol. The number of rotatable bonds is 4. The van der Waals surface area contributed by atoms with Gasteiger partial charge < -0.3 is 9.88 Å². The van der Waals surface area contributed by atoms with Gasteiger partial charge in [-0.1, -0.05) is 35.4 Å². The van der Waals surface area contributed by atoms with Crippen molar-refractivity contribution in [2.45, 2.75) is 13.3 Å². The van der Waals surface area contributed by atoms with Gasteiger partial charge in [0.15, 0.2) is 5.15 Å². The van der Waals surface area contributed by atoms with Crippen molar-refractivity contribution in [2.24, 2.45) is 7.05 Å². The van der Waals surface area contributed by atoms with Crippen LogP contribution in [0.2, 0.25) is 5.15 Å². The summed E-state index contributed by atoms with van der Waals surface area (Å²) < 4.78 is 2.08. The van der Waals surface area contributed by atoms with Crippen molar-refractivity contribution in [2.75, 3.05) is 13.6 Å². The zero-order chi connectivity index (χ0) is 13.1. The highest BCUT2D eigenvalue weighted by Gasteiger charge is 2.14. The summed E-state index contributed by atoms with van der Waals surface area (Å²) in [5.41, 5.74) is 3.33. The van der Waals surface area contributed by atoms with E-state index in [4.69, 9.17) is 11.6 Å². The van der Waals surface area contributed by atoms with Crippen molar-refractivity contribution in [1.29, 1.82) is 0 Å². The summed E-state index contributed by atoms with van der Waals surface area (Å²) in [7, 11) is 3.95. The molecule has 1 heterocycles. The van der Waals surface area contributed by atoms with Crippen molar-refractivity contribution in [3.8, 4) is 11.3 Å². The molecule has 2 aromatic rings. The number of hydrogen-bond acceptors (Lipinski definition) is 2. The van der Waals surface area contributed by atoms with Gasteiger partial charge in [-0.3, -0.25) is 0 Å². The van der Waals surface area contributed by atoms with Crippen LogP contribution in [0.15, 0.2) is 24.3 Å². The second-order valence-electron chi connectivity index (χ2n) is 4.45. The summed E-state index contributed by atoms with van der Waals surface area (Å²) in [6.07, 6.45) is 0.874. The van der Waals surface area contributed by atoms with E-state index in [9.17, 15) is 0 Å². The zero-order valence-electron chi connectivity index (χ0n) is 11.0. The van der Waals surface area contributed by atoms with Crippen LogP contribution in [-0.2, 0) is 13.5 Å². The van der Waals surface area contributed by atoms with Crippen LogP contribution in [0.3, 0.4) is 0 Å². The predicted octanol–water partition coefficient (Wildman–Crippen LogP) is 2.81. The first-order valence-electron chi connectivity index (χ1n) is 6.06. The minimum atomic E-state index is 0.578. The van der Waals surface area contributed by atoms with Crippen molar-refractivity contribution >= 4 is 11.6 Å². The third kappa shape index (κ3) is 2.57. The summed E-state index contributed by atoms with van der Waals surface area (Å²) in [4.78, 5) is 4.44. The van der Waals surface area contributed by atoms with Gasteiger partial charge in [0.1, 0.15) is 5.82 Å². The van der Waals surface area contributed by atoms with E-state index in [-0.39, 0.29) is 0 Å². The standard InChI is InChI=1S/C14H18ClN3/c1-10-5-4-6-11(9-10)13-14(15)17-12(18(13)3)7-8-16-2/h4-6,9,16H,7-8H2,1-3H3. The Morgan fingerprint density at radius 1 is 1.39 bits per heavy atom. The molecule has 18 heavy (non-hydrogen) atoms. The number of hydrogen-bond donors (Lipinski definition) is 1. The third-order valence-corrected chi connectivity index (χ3v) is 3.30. The Hall–Kier alpha value is -1.32. The fourth-order valence-corrected chi connectivity index (χ4v) is 2.41. The molecule has 0 aliphatic rings. The van der Waals surface area contributed by atoms with Crippen LogP contribution in [0.4, 0.5) is 0 Å². The van der Waals surface area contributed by atoms with Gasteiger partial charge in [-0.2, -0.15) is 0 Å². The molecule has 4 heteroatoms. The van der Waals surface area contributed by atoms with Gasteiger partial charge >= 0.3 is 0 Å². The number of halogens is 1. The molecule has 1 aromatic carbocycles. The van der Waals surface area contributed by atoms with Crippen LogP contribution in [0.1, 0.15) is 11.4 Å². The first-order chi connectivity index (χ1) is 8.63. The van der Waals surface area contributed by atoms with Crippen LogP contribution in [0.5, 0.6) is 0 Å². The lowest BCUT2D eigenvalue weighted by Crippen LogP contribution is -2.13. The molecule has 1 N–H and O–H groups in total. The van der Waals surface area contributed by atoms with Gasteiger partial charge in [-0.25, -0.2) is 4.98 Å². The van der Waals surface area contributed by atoms with Gasteiger partial charge in [-0.05, 0) is 20.0 Å². The van der Waals surface area contributed by atoms with Crippen molar-refractivity contribution in [3.63, 3.8) is 0 Å². The van der Waals surface area contributed by atoms with Gasteiger partial charge in [-0.15, -0.1) is 0 Å². The highest BCUT2D eigenvalue weighted by molar-refractivity contribution is 6.32. The minimum absolute atomic E-state index is 0.578. The van der Waals surface area contributed by atoms with Crippen LogP contribution >= 0.6 is 11.6 Å². The maximum absolute atomic E-state index is 6.26. The summed E-state index contributed by atoms with van der Waals surface area (Å²) in [6, 6.07) is 8.32. The SMILES string of the molecule is CNCCc1nc(Cl)c(-c2cccc(C)c2)n1C. The Kier molecular flexibility index (Phi) is 4.04. The molecule has 0 bridgehead atoms. The number of aryl methyl sites for hydroxylation is 1. The Bertz CT molecular complexity index is 546. The van der Waals surface area contributed by atoms with Crippen LogP contribution < -0.4 is 5.32 Å². The lowest BCUT2D eigenvalue weighted by molar-refractivity contribution is 0.720. The fourth-order valence-electron chi connectivity index (χ4n) is 2.07. The highest BCUT2D eigenvalue weighted by atomic mass is 35.5. The first kappa shape index (κ1) is 13.1. The molecule has 0 aliphatic heterocycles. The van der Waals surface area contributed by atoms with E-state index in [0.29, 0.717) is 5.15 Å². The van der Waals surface area contributed by atoms with Crippen molar-refractivity contribution in [3.05, 3.63) is 40.8 Å². The first-order valence-corrected chi connectivity index (χ1v) is 6.44. The van der Waals surface area contributed by atoms with Crippen LogP contribution in [0, 0.1) is 6.92 Å². The van der Waals surface area contributed by atoms with E-state index in [1.807, 2.05) is 20.2 Å². The number of aromatic nitrogens is 2. The summed E-state index contributed by atoms with van der Waals surface area (Å²) >= 11 is 6.26. The number of imidazole rings is 1. The van der Waals surface area contributed by atoms with E-state index in [2.05, 4.69) is 40.0 Å². The second-order valence-corrected chi connectivity index (χ2v) is 4.81. The third-order valence-electron chi connectivity index (χ3n) is 3.04. The molecule has 96 valence electrons. The second kappa shape index (κ2) is 5.55. The molecule has 0 radical (unpaired) electrons.